The number of piperidine rings is 1. The summed E-state index contributed by atoms with van der Waals surface area (Å²) in [6, 6.07) is 2.39. The summed E-state index contributed by atoms with van der Waals surface area (Å²) in [5, 5.41) is 15.5. The highest BCUT2D eigenvalue weighted by molar-refractivity contribution is 7.07. The van der Waals surface area contributed by atoms with Gasteiger partial charge in [0.15, 0.2) is 0 Å². The fraction of sp³-hybridized carbons (Fsp3) is 0.632. The molecule has 2 aromatic heterocycles. The van der Waals surface area contributed by atoms with E-state index < -0.39 is 5.54 Å². The Balaban J connectivity index is 1.23. The molecule has 1 unspecified atom stereocenters. The lowest BCUT2D eigenvalue weighted by Crippen LogP contribution is -2.47. The van der Waals surface area contributed by atoms with Gasteiger partial charge in [0.1, 0.15) is 11.9 Å². The Bertz CT molecular complexity index is 868. The number of rotatable bonds is 5. The third-order valence-corrected chi connectivity index (χ3v) is 7.55. The van der Waals surface area contributed by atoms with Crippen molar-refractivity contribution in [1.82, 2.24) is 30.0 Å². The van der Waals surface area contributed by atoms with Gasteiger partial charge >= 0.3 is 0 Å². The molecule has 1 saturated heterocycles. The molecule has 3 aliphatic rings. The van der Waals surface area contributed by atoms with Crippen molar-refractivity contribution in [3.63, 3.8) is 0 Å². The fourth-order valence-electron chi connectivity index (χ4n) is 4.79. The lowest BCUT2D eigenvalue weighted by atomic mass is 9.91. The zero-order chi connectivity index (χ0) is 19.4. The molecule has 9 heteroatoms. The molecule has 0 radical (unpaired) electrons. The van der Waals surface area contributed by atoms with Crippen LogP contribution in [0.25, 0.3) is 0 Å². The molecule has 3 heterocycles. The van der Waals surface area contributed by atoms with Crippen LogP contribution in [0.15, 0.2) is 23.2 Å². The van der Waals surface area contributed by atoms with E-state index in [-0.39, 0.29) is 17.2 Å². The predicted molar refractivity (Wildman–Crippen MR) is 102 cm³/mol. The highest BCUT2D eigenvalue weighted by Crippen LogP contribution is 2.57. The number of hydrogen-bond donors (Lipinski definition) is 0. The molecule has 2 amide bonds. The van der Waals surface area contributed by atoms with Gasteiger partial charge in [0.2, 0.25) is 5.91 Å². The van der Waals surface area contributed by atoms with Crippen molar-refractivity contribution in [3.8, 4) is 0 Å². The molecule has 2 saturated carbocycles. The van der Waals surface area contributed by atoms with Crippen LogP contribution in [-0.4, -0.2) is 61.0 Å². The number of carbonyl (C=O) groups excluding carboxylic acids is 2. The van der Waals surface area contributed by atoms with Crippen LogP contribution in [0.2, 0.25) is 0 Å². The van der Waals surface area contributed by atoms with Gasteiger partial charge in [0, 0.05) is 32.6 Å². The van der Waals surface area contributed by atoms with Crippen molar-refractivity contribution in [2.45, 2.75) is 57.2 Å². The second-order valence-corrected chi connectivity index (χ2v) is 9.22. The van der Waals surface area contributed by atoms with Crippen molar-refractivity contribution in [1.29, 1.82) is 0 Å². The maximum atomic E-state index is 13.1. The lowest BCUT2D eigenvalue weighted by Gasteiger charge is -2.36. The van der Waals surface area contributed by atoms with Crippen LogP contribution in [0.1, 0.15) is 44.6 Å². The average Bonchev–Trinajstić information content (AvgIpc) is 3.44. The minimum absolute atomic E-state index is 0.141. The van der Waals surface area contributed by atoms with Gasteiger partial charge in [-0.3, -0.25) is 9.59 Å². The average molecular weight is 401 g/mol. The second-order valence-electron chi connectivity index (χ2n) is 8.44. The maximum Gasteiger partial charge on any atom is 0.250 e. The van der Waals surface area contributed by atoms with Gasteiger partial charge in [0.05, 0.1) is 0 Å². The predicted octanol–water partition coefficient (Wildman–Crippen LogP) is 1.65. The first kappa shape index (κ1) is 17.8. The monoisotopic (exact) mass is 400 g/mol. The first-order valence-electron chi connectivity index (χ1n) is 9.85. The highest BCUT2D eigenvalue weighted by atomic mass is 32.1. The van der Waals surface area contributed by atoms with Gasteiger partial charge in [-0.15, -0.1) is 5.10 Å². The van der Waals surface area contributed by atoms with Crippen molar-refractivity contribution in [3.05, 3.63) is 28.7 Å². The van der Waals surface area contributed by atoms with Gasteiger partial charge < -0.3 is 9.80 Å². The molecule has 5 rings (SSSR count). The number of carbonyl (C=O) groups is 2. The van der Waals surface area contributed by atoms with Gasteiger partial charge in [-0.1, -0.05) is 0 Å². The molecule has 0 aromatic carbocycles. The Hall–Kier alpha value is -2.29. The third kappa shape index (κ3) is 2.83. The number of thiophene rings is 1. The van der Waals surface area contributed by atoms with E-state index in [1.807, 2.05) is 9.80 Å². The van der Waals surface area contributed by atoms with E-state index in [0.717, 1.165) is 45.2 Å². The molecule has 2 aliphatic carbocycles. The molecule has 148 valence electrons. The van der Waals surface area contributed by atoms with Crippen LogP contribution in [-0.2, 0) is 21.7 Å². The summed E-state index contributed by atoms with van der Waals surface area (Å²) in [4.78, 5) is 29.4. The van der Waals surface area contributed by atoms with Crippen molar-refractivity contribution in [2.24, 2.45) is 5.41 Å². The molecule has 1 atom stereocenters. The molecule has 1 spiro atoms. The summed E-state index contributed by atoms with van der Waals surface area (Å²) < 4.78 is 1.62. The number of nitrogens with zero attached hydrogens (tertiary/aromatic N) is 6. The minimum atomic E-state index is -0.554. The molecule has 8 nitrogen and oxygen atoms in total. The fourth-order valence-corrected chi connectivity index (χ4v) is 5.45. The van der Waals surface area contributed by atoms with E-state index in [9.17, 15) is 9.59 Å². The first-order chi connectivity index (χ1) is 13.5. The summed E-state index contributed by atoms with van der Waals surface area (Å²) >= 11 is 1.66. The largest absolute Gasteiger partial charge is 0.341 e. The third-order valence-electron chi connectivity index (χ3n) is 6.82. The Morgan fingerprint density at radius 1 is 1.29 bits per heavy atom. The molecular weight excluding hydrogens is 376 g/mol. The van der Waals surface area contributed by atoms with Crippen LogP contribution < -0.4 is 0 Å². The maximum absolute atomic E-state index is 13.1. The van der Waals surface area contributed by atoms with E-state index in [4.69, 9.17) is 0 Å². The van der Waals surface area contributed by atoms with E-state index in [0.29, 0.717) is 12.6 Å². The summed E-state index contributed by atoms with van der Waals surface area (Å²) in [6.45, 7) is 3.86. The van der Waals surface area contributed by atoms with Crippen LogP contribution in [0.5, 0.6) is 0 Å². The van der Waals surface area contributed by atoms with Crippen molar-refractivity contribution in [2.75, 3.05) is 13.1 Å². The molecule has 0 bridgehead atoms. The Kier molecular flexibility index (Phi) is 4.04. The van der Waals surface area contributed by atoms with E-state index >= 15 is 0 Å². The Morgan fingerprint density at radius 3 is 2.64 bits per heavy atom. The van der Waals surface area contributed by atoms with E-state index in [1.165, 1.54) is 5.56 Å². The molecule has 2 aromatic rings. The van der Waals surface area contributed by atoms with Crippen LogP contribution in [0, 0.1) is 5.41 Å². The zero-order valence-corrected chi connectivity index (χ0v) is 16.8. The summed E-state index contributed by atoms with van der Waals surface area (Å²) in [5.41, 5.74) is 0.831. The zero-order valence-electron chi connectivity index (χ0n) is 16.0. The second kappa shape index (κ2) is 6.37. The topological polar surface area (TPSA) is 84.2 Å². The number of likely N-dealkylation sites (tertiary alicyclic amines) is 1. The Labute approximate surface area is 167 Å². The van der Waals surface area contributed by atoms with E-state index in [1.54, 1.807) is 29.3 Å². The first-order valence-corrected chi connectivity index (χ1v) is 10.8. The molecule has 28 heavy (non-hydrogen) atoms. The molecule has 0 N–H and O–H groups in total. The van der Waals surface area contributed by atoms with E-state index in [2.05, 4.69) is 32.4 Å². The number of amides is 2. The highest BCUT2D eigenvalue weighted by Gasteiger charge is 2.60. The molecule has 1 aliphatic heterocycles. The smallest absolute Gasteiger partial charge is 0.250 e. The summed E-state index contributed by atoms with van der Waals surface area (Å²) in [5.74, 6) is 0.288. The normalized spacial score (nSPS) is 24.2. The van der Waals surface area contributed by atoms with Gasteiger partial charge in [0.25, 0.3) is 5.91 Å². The van der Waals surface area contributed by atoms with Crippen molar-refractivity contribution < 1.29 is 9.59 Å². The SMILES string of the molecule is CC(=O)N(Cc1ccsc1)C1CC12CCN(C(=O)C1(n3cnnn3)CC1)CC2. The quantitative estimate of drug-likeness (QED) is 0.762. The van der Waals surface area contributed by atoms with Crippen LogP contribution >= 0.6 is 11.3 Å². The number of aromatic nitrogens is 4. The van der Waals surface area contributed by atoms with Crippen LogP contribution in [0.3, 0.4) is 0 Å². The number of hydrogen-bond acceptors (Lipinski definition) is 6. The van der Waals surface area contributed by atoms with Crippen molar-refractivity contribution >= 4 is 23.2 Å². The standard InChI is InChI=1S/C19H24N6O2S/c1-14(26)24(11-15-2-9-28-12-15)16-10-18(16)5-7-23(8-6-18)17(27)19(3-4-19)25-13-20-21-22-25/h2,9,12-13,16H,3-8,10-11H2,1H3. The van der Waals surface area contributed by atoms with Gasteiger partial charge in [-0.2, -0.15) is 11.3 Å². The summed E-state index contributed by atoms with van der Waals surface area (Å²) in [6.07, 6.45) is 6.13. The van der Waals surface area contributed by atoms with Crippen LogP contribution in [0.4, 0.5) is 0 Å². The Morgan fingerprint density at radius 2 is 2.07 bits per heavy atom. The molecule has 3 fully saturated rings. The summed E-state index contributed by atoms with van der Waals surface area (Å²) in [7, 11) is 0. The lowest BCUT2D eigenvalue weighted by molar-refractivity contribution is -0.139. The van der Waals surface area contributed by atoms with Gasteiger partial charge in [-0.05, 0) is 70.3 Å². The van der Waals surface area contributed by atoms with Gasteiger partial charge in [-0.25, -0.2) is 4.68 Å². The number of tetrazole rings is 1. The minimum Gasteiger partial charge on any atom is -0.341 e. The molecular formula is C19H24N6O2S.